The summed E-state index contributed by atoms with van der Waals surface area (Å²) in [5, 5.41) is 11.8. The van der Waals surface area contributed by atoms with Gasteiger partial charge in [0, 0.05) is 18.1 Å². The predicted molar refractivity (Wildman–Crippen MR) is 105 cm³/mol. The van der Waals surface area contributed by atoms with Gasteiger partial charge in [0.25, 0.3) is 0 Å². The number of halogens is 2. The van der Waals surface area contributed by atoms with Gasteiger partial charge in [-0.2, -0.15) is 5.10 Å². The van der Waals surface area contributed by atoms with E-state index in [9.17, 15) is 4.79 Å². The SMILES string of the molecule is Cl.O=C(NCc1cc2n(n1)CCCNC2)C1(c2ccc(Cl)cc2)CCC1. The Morgan fingerprint density at radius 2 is 2.04 bits per heavy atom. The van der Waals surface area contributed by atoms with Crippen molar-refractivity contribution in [3.8, 4) is 0 Å². The smallest absolute Gasteiger partial charge is 0.230 e. The van der Waals surface area contributed by atoms with Crippen LogP contribution < -0.4 is 10.6 Å². The molecule has 0 saturated heterocycles. The topological polar surface area (TPSA) is 59.0 Å². The maximum atomic E-state index is 12.9. The van der Waals surface area contributed by atoms with E-state index in [0.29, 0.717) is 11.6 Å². The molecule has 0 unspecified atom stereocenters. The maximum absolute atomic E-state index is 12.9. The number of nitrogens with one attached hydrogen (secondary N) is 2. The molecule has 1 aromatic carbocycles. The molecule has 26 heavy (non-hydrogen) atoms. The van der Waals surface area contributed by atoms with Crippen LogP contribution in [0.1, 0.15) is 42.6 Å². The van der Waals surface area contributed by atoms with E-state index in [-0.39, 0.29) is 18.3 Å². The first kappa shape index (κ1) is 19.2. The minimum atomic E-state index is -0.400. The lowest BCUT2D eigenvalue weighted by molar-refractivity contribution is -0.130. The number of aromatic nitrogens is 2. The average Bonchev–Trinajstić information content (AvgIpc) is 2.83. The Morgan fingerprint density at radius 1 is 1.27 bits per heavy atom. The second-order valence-corrected chi connectivity index (χ2v) is 7.44. The molecule has 1 fully saturated rings. The molecule has 1 amide bonds. The van der Waals surface area contributed by atoms with Gasteiger partial charge >= 0.3 is 0 Å². The summed E-state index contributed by atoms with van der Waals surface area (Å²) in [6, 6.07) is 9.78. The molecule has 140 valence electrons. The van der Waals surface area contributed by atoms with Crippen LogP contribution in [0.5, 0.6) is 0 Å². The van der Waals surface area contributed by atoms with Crippen LogP contribution >= 0.6 is 24.0 Å². The number of carbonyl (C=O) groups excluding carboxylic acids is 1. The Kier molecular flexibility index (Phi) is 5.90. The van der Waals surface area contributed by atoms with Gasteiger partial charge in [-0.15, -0.1) is 12.4 Å². The number of rotatable bonds is 4. The molecule has 1 aromatic heterocycles. The van der Waals surface area contributed by atoms with E-state index in [4.69, 9.17) is 11.6 Å². The molecule has 1 saturated carbocycles. The molecule has 5 nitrogen and oxygen atoms in total. The lowest BCUT2D eigenvalue weighted by Crippen LogP contribution is -2.49. The number of aryl methyl sites for hydroxylation is 1. The molecule has 7 heteroatoms. The molecule has 2 heterocycles. The Labute approximate surface area is 164 Å². The number of nitrogens with zero attached hydrogens (tertiary/aromatic N) is 2. The highest BCUT2D eigenvalue weighted by atomic mass is 35.5. The quantitative estimate of drug-likeness (QED) is 0.836. The van der Waals surface area contributed by atoms with E-state index in [1.165, 1.54) is 5.69 Å². The van der Waals surface area contributed by atoms with Crippen molar-refractivity contribution in [2.45, 2.75) is 50.7 Å². The maximum Gasteiger partial charge on any atom is 0.230 e. The van der Waals surface area contributed by atoms with Gasteiger partial charge in [-0.3, -0.25) is 9.48 Å². The number of hydrogen-bond donors (Lipinski definition) is 2. The molecule has 0 atom stereocenters. The standard InChI is InChI=1S/C19H23ClN4O.ClH/c20-15-5-3-14(4-6-15)19(7-1-8-19)18(25)22-12-16-11-17-13-21-9-2-10-24(17)23-16;/h3-6,11,21H,1-2,7-10,12-13H2,(H,22,25);1H. The first-order chi connectivity index (χ1) is 12.2. The van der Waals surface area contributed by atoms with Crippen molar-refractivity contribution >= 4 is 29.9 Å². The lowest BCUT2D eigenvalue weighted by Gasteiger charge is -2.40. The van der Waals surface area contributed by atoms with Crippen molar-refractivity contribution in [1.29, 1.82) is 0 Å². The molecular weight excluding hydrogens is 371 g/mol. The highest BCUT2D eigenvalue weighted by Crippen LogP contribution is 2.44. The van der Waals surface area contributed by atoms with Gasteiger partial charge in [0.15, 0.2) is 0 Å². The Balaban J connectivity index is 0.00000196. The van der Waals surface area contributed by atoms with E-state index in [2.05, 4.69) is 26.5 Å². The molecule has 1 aliphatic carbocycles. The number of benzene rings is 1. The molecule has 0 spiro atoms. The monoisotopic (exact) mass is 394 g/mol. The summed E-state index contributed by atoms with van der Waals surface area (Å²) in [6.45, 7) is 3.29. The van der Waals surface area contributed by atoms with Crippen LogP contribution in [0.3, 0.4) is 0 Å². The van der Waals surface area contributed by atoms with Crippen LogP contribution in [0.4, 0.5) is 0 Å². The van der Waals surface area contributed by atoms with Crippen molar-refractivity contribution < 1.29 is 4.79 Å². The fourth-order valence-corrected chi connectivity index (χ4v) is 3.92. The predicted octanol–water partition coefficient (Wildman–Crippen LogP) is 3.19. The molecular formula is C19H24Cl2N4O. The number of hydrogen-bond acceptors (Lipinski definition) is 3. The fourth-order valence-electron chi connectivity index (χ4n) is 3.79. The zero-order valence-corrected chi connectivity index (χ0v) is 16.2. The summed E-state index contributed by atoms with van der Waals surface area (Å²) in [4.78, 5) is 12.9. The Bertz CT molecular complexity index is 745. The van der Waals surface area contributed by atoms with Gasteiger partial charge in [-0.05, 0) is 49.6 Å². The molecule has 2 aromatic rings. The zero-order chi connectivity index (χ0) is 17.3. The number of amides is 1. The van der Waals surface area contributed by atoms with Crippen LogP contribution in [0, 0.1) is 0 Å². The summed E-state index contributed by atoms with van der Waals surface area (Å²) in [7, 11) is 0. The average molecular weight is 395 g/mol. The lowest BCUT2D eigenvalue weighted by atomic mass is 9.64. The van der Waals surface area contributed by atoms with E-state index < -0.39 is 5.41 Å². The van der Waals surface area contributed by atoms with Crippen LogP contribution in [0.25, 0.3) is 0 Å². The second kappa shape index (κ2) is 7.99. The fraction of sp³-hybridized carbons (Fsp3) is 0.474. The third kappa shape index (κ3) is 3.61. The number of carbonyl (C=O) groups is 1. The van der Waals surface area contributed by atoms with Crippen molar-refractivity contribution in [3.63, 3.8) is 0 Å². The van der Waals surface area contributed by atoms with Gasteiger partial charge in [0.2, 0.25) is 5.91 Å². The van der Waals surface area contributed by atoms with Crippen LogP contribution in [-0.4, -0.2) is 22.2 Å². The minimum Gasteiger partial charge on any atom is -0.350 e. The summed E-state index contributed by atoms with van der Waals surface area (Å²) in [5.74, 6) is 0.0994. The number of fused-ring (bicyclic) bond motifs is 1. The van der Waals surface area contributed by atoms with E-state index in [0.717, 1.165) is 56.6 Å². The van der Waals surface area contributed by atoms with Crippen LogP contribution in [0.15, 0.2) is 30.3 Å². The molecule has 1 aliphatic heterocycles. The largest absolute Gasteiger partial charge is 0.350 e. The molecule has 0 radical (unpaired) electrons. The molecule has 2 aliphatic rings. The summed E-state index contributed by atoms with van der Waals surface area (Å²) >= 11 is 5.99. The summed E-state index contributed by atoms with van der Waals surface area (Å²) in [5.41, 5.74) is 2.78. The van der Waals surface area contributed by atoms with Gasteiger partial charge < -0.3 is 10.6 Å². The normalized spacial score (nSPS) is 18.0. The molecule has 4 rings (SSSR count). The first-order valence-electron chi connectivity index (χ1n) is 8.98. The van der Waals surface area contributed by atoms with Crippen LogP contribution in [-0.2, 0) is 29.8 Å². The van der Waals surface area contributed by atoms with E-state index in [1.54, 1.807) is 0 Å². The zero-order valence-electron chi connectivity index (χ0n) is 14.6. The Morgan fingerprint density at radius 3 is 2.73 bits per heavy atom. The van der Waals surface area contributed by atoms with Gasteiger partial charge in [-0.1, -0.05) is 30.2 Å². The molecule has 2 N–H and O–H groups in total. The highest BCUT2D eigenvalue weighted by molar-refractivity contribution is 6.30. The van der Waals surface area contributed by atoms with Crippen molar-refractivity contribution in [2.24, 2.45) is 0 Å². The minimum absolute atomic E-state index is 0. The summed E-state index contributed by atoms with van der Waals surface area (Å²) in [6.07, 6.45) is 3.95. The second-order valence-electron chi connectivity index (χ2n) is 7.01. The van der Waals surface area contributed by atoms with Crippen molar-refractivity contribution in [3.05, 3.63) is 52.3 Å². The van der Waals surface area contributed by atoms with Gasteiger partial charge in [0.05, 0.1) is 23.3 Å². The van der Waals surface area contributed by atoms with Crippen molar-refractivity contribution in [2.75, 3.05) is 6.54 Å². The third-order valence-electron chi connectivity index (χ3n) is 5.41. The molecule has 0 bridgehead atoms. The van der Waals surface area contributed by atoms with E-state index in [1.807, 2.05) is 24.3 Å². The van der Waals surface area contributed by atoms with Crippen LogP contribution in [0.2, 0.25) is 5.02 Å². The summed E-state index contributed by atoms with van der Waals surface area (Å²) < 4.78 is 2.06. The van der Waals surface area contributed by atoms with Gasteiger partial charge in [0.1, 0.15) is 0 Å². The highest BCUT2D eigenvalue weighted by Gasteiger charge is 2.45. The third-order valence-corrected chi connectivity index (χ3v) is 5.66. The van der Waals surface area contributed by atoms with Crippen molar-refractivity contribution in [1.82, 2.24) is 20.4 Å². The first-order valence-corrected chi connectivity index (χ1v) is 9.36. The van der Waals surface area contributed by atoms with Gasteiger partial charge in [-0.25, -0.2) is 0 Å². The van der Waals surface area contributed by atoms with E-state index >= 15 is 0 Å². The Hall–Kier alpha value is -1.56.